The van der Waals surface area contributed by atoms with Crippen LogP contribution in [-0.4, -0.2) is 33.3 Å². The Kier molecular flexibility index (Phi) is 5.39. The standard InChI is InChI=1S/C15H17ClN2O3S/c1-21-13(11-5-3-6-12(16)9-11)10-18-15-14(22(2,19)20)7-4-8-17-15/h3-9,13H,10H2,1-2H3,(H,17,18). The third-order valence-corrected chi connectivity index (χ3v) is 4.49. The van der Waals surface area contributed by atoms with Crippen molar-refractivity contribution < 1.29 is 13.2 Å². The van der Waals surface area contributed by atoms with E-state index in [2.05, 4.69) is 10.3 Å². The van der Waals surface area contributed by atoms with Gasteiger partial charge in [0.25, 0.3) is 0 Å². The smallest absolute Gasteiger partial charge is 0.179 e. The van der Waals surface area contributed by atoms with Crippen LogP contribution in [0.4, 0.5) is 5.82 Å². The molecule has 0 saturated carbocycles. The van der Waals surface area contributed by atoms with E-state index >= 15 is 0 Å². The Morgan fingerprint density at radius 3 is 2.73 bits per heavy atom. The summed E-state index contributed by atoms with van der Waals surface area (Å²) in [6, 6.07) is 10.4. The molecule has 5 nitrogen and oxygen atoms in total. The second-order valence-electron chi connectivity index (χ2n) is 4.78. The zero-order valence-electron chi connectivity index (χ0n) is 12.3. The molecular formula is C15H17ClN2O3S. The number of hydrogen-bond acceptors (Lipinski definition) is 5. The van der Waals surface area contributed by atoms with E-state index in [9.17, 15) is 8.42 Å². The number of halogens is 1. The lowest BCUT2D eigenvalue weighted by atomic mass is 10.1. The lowest BCUT2D eigenvalue weighted by Crippen LogP contribution is -2.17. The number of benzene rings is 1. The molecule has 22 heavy (non-hydrogen) atoms. The van der Waals surface area contributed by atoms with Gasteiger partial charge in [0.2, 0.25) is 0 Å². The Morgan fingerprint density at radius 2 is 2.09 bits per heavy atom. The monoisotopic (exact) mass is 340 g/mol. The first kappa shape index (κ1) is 16.7. The Balaban J connectivity index is 2.19. The predicted molar refractivity (Wildman–Crippen MR) is 87.0 cm³/mol. The molecule has 1 aromatic heterocycles. The topological polar surface area (TPSA) is 68.3 Å². The molecule has 0 aliphatic carbocycles. The predicted octanol–water partition coefficient (Wildman–Crippen LogP) is 2.94. The largest absolute Gasteiger partial charge is 0.375 e. The van der Waals surface area contributed by atoms with Crippen molar-refractivity contribution in [2.75, 3.05) is 25.2 Å². The molecule has 1 atom stereocenters. The van der Waals surface area contributed by atoms with Crippen LogP contribution in [0, 0.1) is 0 Å². The number of aromatic nitrogens is 1. The molecule has 0 aliphatic rings. The number of anilines is 1. The maximum Gasteiger partial charge on any atom is 0.179 e. The van der Waals surface area contributed by atoms with Crippen molar-refractivity contribution >= 4 is 27.3 Å². The first-order valence-electron chi connectivity index (χ1n) is 6.59. The first-order chi connectivity index (χ1) is 10.4. The normalized spacial score (nSPS) is 12.9. The van der Waals surface area contributed by atoms with E-state index < -0.39 is 9.84 Å². The van der Waals surface area contributed by atoms with Crippen LogP contribution in [0.5, 0.6) is 0 Å². The summed E-state index contributed by atoms with van der Waals surface area (Å²) < 4.78 is 28.9. The molecule has 0 amide bonds. The third kappa shape index (κ3) is 4.19. The van der Waals surface area contributed by atoms with E-state index in [1.165, 1.54) is 12.3 Å². The van der Waals surface area contributed by atoms with E-state index in [1.54, 1.807) is 19.2 Å². The molecule has 1 aromatic carbocycles. The second-order valence-corrected chi connectivity index (χ2v) is 7.20. The Labute approximate surface area is 135 Å². The van der Waals surface area contributed by atoms with Crippen molar-refractivity contribution in [2.45, 2.75) is 11.0 Å². The number of hydrogen-bond donors (Lipinski definition) is 1. The fourth-order valence-corrected chi connectivity index (χ4v) is 3.06. The molecule has 1 unspecified atom stereocenters. The molecule has 0 radical (unpaired) electrons. The van der Waals surface area contributed by atoms with Crippen LogP contribution in [0.15, 0.2) is 47.5 Å². The fourth-order valence-electron chi connectivity index (χ4n) is 2.06. The van der Waals surface area contributed by atoms with Gasteiger partial charge < -0.3 is 10.1 Å². The van der Waals surface area contributed by atoms with E-state index in [0.29, 0.717) is 17.4 Å². The van der Waals surface area contributed by atoms with Crippen LogP contribution in [0.2, 0.25) is 5.02 Å². The minimum Gasteiger partial charge on any atom is -0.375 e. The molecule has 0 fully saturated rings. The lowest BCUT2D eigenvalue weighted by Gasteiger charge is -2.18. The molecule has 2 rings (SSSR count). The average Bonchev–Trinajstić information content (AvgIpc) is 2.47. The summed E-state index contributed by atoms with van der Waals surface area (Å²) in [6.07, 6.45) is 2.42. The number of methoxy groups -OCH3 is 1. The van der Waals surface area contributed by atoms with Gasteiger partial charge in [0, 0.05) is 31.1 Å². The van der Waals surface area contributed by atoms with Gasteiger partial charge >= 0.3 is 0 Å². The van der Waals surface area contributed by atoms with Crippen LogP contribution in [0.1, 0.15) is 11.7 Å². The molecule has 0 spiro atoms. The second kappa shape index (κ2) is 7.09. The molecular weight excluding hydrogens is 324 g/mol. The van der Waals surface area contributed by atoms with Gasteiger partial charge in [-0.3, -0.25) is 0 Å². The van der Waals surface area contributed by atoms with Crippen molar-refractivity contribution in [3.05, 3.63) is 53.2 Å². The van der Waals surface area contributed by atoms with Gasteiger partial charge in [0.1, 0.15) is 10.7 Å². The molecule has 2 aromatic rings. The Hall–Kier alpha value is -1.63. The van der Waals surface area contributed by atoms with Crippen molar-refractivity contribution in [3.63, 3.8) is 0 Å². The lowest BCUT2D eigenvalue weighted by molar-refractivity contribution is 0.114. The van der Waals surface area contributed by atoms with E-state index in [-0.39, 0.29) is 11.0 Å². The van der Waals surface area contributed by atoms with Crippen molar-refractivity contribution in [2.24, 2.45) is 0 Å². The van der Waals surface area contributed by atoms with Crippen LogP contribution >= 0.6 is 11.6 Å². The van der Waals surface area contributed by atoms with Gasteiger partial charge in [-0.25, -0.2) is 13.4 Å². The van der Waals surface area contributed by atoms with E-state index in [4.69, 9.17) is 16.3 Å². The number of nitrogens with zero attached hydrogens (tertiary/aromatic N) is 1. The van der Waals surface area contributed by atoms with Crippen molar-refractivity contribution in [1.29, 1.82) is 0 Å². The minimum atomic E-state index is -3.35. The summed E-state index contributed by atoms with van der Waals surface area (Å²) in [5, 5.41) is 3.65. The minimum absolute atomic E-state index is 0.163. The Morgan fingerprint density at radius 1 is 1.32 bits per heavy atom. The summed E-state index contributed by atoms with van der Waals surface area (Å²) in [5.74, 6) is 0.314. The summed E-state index contributed by atoms with van der Waals surface area (Å²) >= 11 is 5.98. The summed E-state index contributed by atoms with van der Waals surface area (Å²) in [6.45, 7) is 0.371. The quantitative estimate of drug-likeness (QED) is 0.875. The molecule has 1 heterocycles. The summed E-state index contributed by atoms with van der Waals surface area (Å²) in [5.41, 5.74) is 0.902. The van der Waals surface area contributed by atoms with Crippen LogP contribution < -0.4 is 5.32 Å². The molecule has 0 saturated heterocycles. The summed E-state index contributed by atoms with van der Waals surface area (Å²) in [7, 11) is -1.76. The highest BCUT2D eigenvalue weighted by Gasteiger charge is 2.16. The molecule has 118 valence electrons. The zero-order valence-corrected chi connectivity index (χ0v) is 13.9. The maximum absolute atomic E-state index is 11.8. The number of rotatable bonds is 6. The molecule has 7 heteroatoms. The Bertz CT molecular complexity index is 750. The van der Waals surface area contributed by atoms with Gasteiger partial charge in [-0.15, -0.1) is 0 Å². The third-order valence-electron chi connectivity index (χ3n) is 3.13. The van der Waals surface area contributed by atoms with Crippen molar-refractivity contribution in [1.82, 2.24) is 4.98 Å². The molecule has 0 aliphatic heterocycles. The van der Waals surface area contributed by atoms with Gasteiger partial charge in [0.05, 0.1) is 6.10 Å². The van der Waals surface area contributed by atoms with Crippen LogP contribution in [0.25, 0.3) is 0 Å². The highest BCUT2D eigenvalue weighted by atomic mass is 35.5. The number of ether oxygens (including phenoxy) is 1. The highest BCUT2D eigenvalue weighted by Crippen LogP contribution is 2.23. The number of sulfone groups is 1. The molecule has 1 N–H and O–H groups in total. The van der Waals surface area contributed by atoms with E-state index in [1.807, 2.05) is 18.2 Å². The first-order valence-corrected chi connectivity index (χ1v) is 8.86. The molecule has 0 bridgehead atoms. The number of pyridine rings is 1. The van der Waals surface area contributed by atoms with Crippen LogP contribution in [-0.2, 0) is 14.6 Å². The van der Waals surface area contributed by atoms with Gasteiger partial charge in [0.15, 0.2) is 9.84 Å². The van der Waals surface area contributed by atoms with E-state index in [0.717, 1.165) is 11.8 Å². The fraction of sp³-hybridized carbons (Fsp3) is 0.267. The number of nitrogens with one attached hydrogen (secondary N) is 1. The van der Waals surface area contributed by atoms with Gasteiger partial charge in [-0.05, 0) is 29.8 Å². The highest BCUT2D eigenvalue weighted by molar-refractivity contribution is 7.90. The summed E-state index contributed by atoms with van der Waals surface area (Å²) in [4.78, 5) is 4.25. The van der Waals surface area contributed by atoms with Gasteiger partial charge in [-0.2, -0.15) is 0 Å². The average molecular weight is 341 g/mol. The maximum atomic E-state index is 11.8. The SMILES string of the molecule is COC(CNc1ncccc1S(C)(=O)=O)c1cccc(Cl)c1. The van der Waals surface area contributed by atoms with Gasteiger partial charge in [-0.1, -0.05) is 23.7 Å². The van der Waals surface area contributed by atoms with Crippen molar-refractivity contribution in [3.8, 4) is 0 Å². The van der Waals surface area contributed by atoms with Crippen LogP contribution in [0.3, 0.4) is 0 Å². The zero-order chi connectivity index (χ0) is 16.2.